The number of hydrogen-bond donors (Lipinski definition) is 2. The molecule has 1 saturated heterocycles. The number of carbonyl (C=O) groups is 2. The van der Waals surface area contributed by atoms with Crippen LogP contribution in [0.5, 0.6) is 0 Å². The molecule has 1 heterocycles. The van der Waals surface area contributed by atoms with Crippen LogP contribution in [0.15, 0.2) is 42.5 Å². The largest absolute Gasteiger partial charge is 0.372 e. The Labute approximate surface area is 166 Å². The van der Waals surface area contributed by atoms with Gasteiger partial charge in [-0.05, 0) is 55.7 Å². The van der Waals surface area contributed by atoms with Crippen molar-refractivity contribution >= 4 is 46.2 Å². The van der Waals surface area contributed by atoms with Crippen molar-refractivity contribution in [3.8, 4) is 0 Å². The molecule has 0 aromatic heterocycles. The highest BCUT2D eigenvalue weighted by atomic mass is 35.5. The molecule has 2 N–H and O–H groups in total. The molecule has 28 heavy (non-hydrogen) atoms. The van der Waals surface area contributed by atoms with Gasteiger partial charge in [0, 0.05) is 36.2 Å². The lowest BCUT2D eigenvalue weighted by Crippen LogP contribution is -2.30. The van der Waals surface area contributed by atoms with E-state index in [0.29, 0.717) is 5.69 Å². The molecule has 0 spiro atoms. The fraction of sp³-hybridized carbons (Fsp3) is 0.263. The minimum absolute atomic E-state index is 0.0544. The second-order valence-corrected chi connectivity index (χ2v) is 6.83. The third kappa shape index (κ3) is 4.77. The summed E-state index contributed by atoms with van der Waals surface area (Å²) in [5.74, 6) is -1.81. The van der Waals surface area contributed by atoms with E-state index in [0.717, 1.165) is 24.8 Å². The van der Waals surface area contributed by atoms with E-state index < -0.39 is 16.7 Å². The van der Waals surface area contributed by atoms with Crippen LogP contribution in [0.25, 0.3) is 0 Å². The van der Waals surface area contributed by atoms with Gasteiger partial charge in [-0.2, -0.15) is 0 Å². The number of halogens is 1. The van der Waals surface area contributed by atoms with Gasteiger partial charge in [0.1, 0.15) is 5.02 Å². The molecule has 146 valence electrons. The SMILES string of the molecule is O=C(Nc1ccc(N2CCCCC2)cc1)C(=O)Nc1ccc(Cl)c([N+](=O)[O-])c1. The number of benzene rings is 2. The van der Waals surface area contributed by atoms with Crippen LogP contribution in [0.2, 0.25) is 5.02 Å². The van der Waals surface area contributed by atoms with Crippen LogP contribution < -0.4 is 15.5 Å². The average molecular weight is 403 g/mol. The molecular weight excluding hydrogens is 384 g/mol. The standard InChI is InChI=1S/C19H19ClN4O4/c20-16-9-6-14(12-17(16)24(27)28)22-19(26)18(25)21-13-4-7-15(8-5-13)23-10-2-1-3-11-23/h4-9,12H,1-3,10-11H2,(H,21,25)(H,22,26). The first-order valence-electron chi connectivity index (χ1n) is 8.85. The van der Waals surface area contributed by atoms with Gasteiger partial charge in [0.2, 0.25) is 0 Å². The monoisotopic (exact) mass is 402 g/mol. The Kier molecular flexibility index (Phi) is 6.10. The molecule has 9 heteroatoms. The zero-order valence-corrected chi connectivity index (χ0v) is 15.7. The Balaban J connectivity index is 1.60. The van der Waals surface area contributed by atoms with Gasteiger partial charge in [-0.25, -0.2) is 0 Å². The molecule has 3 rings (SSSR count). The number of hydrogen-bond acceptors (Lipinski definition) is 5. The van der Waals surface area contributed by atoms with Gasteiger partial charge in [-0.3, -0.25) is 19.7 Å². The Hall–Kier alpha value is -3.13. The number of nitrogens with zero attached hydrogens (tertiary/aromatic N) is 2. The van der Waals surface area contributed by atoms with Crippen LogP contribution >= 0.6 is 11.6 Å². The van der Waals surface area contributed by atoms with Gasteiger partial charge in [0.25, 0.3) is 5.69 Å². The summed E-state index contributed by atoms with van der Waals surface area (Å²) >= 11 is 5.73. The first-order valence-corrected chi connectivity index (χ1v) is 9.23. The van der Waals surface area contributed by atoms with Crippen LogP contribution in [-0.4, -0.2) is 29.8 Å². The van der Waals surface area contributed by atoms with Crippen molar-refractivity contribution in [2.24, 2.45) is 0 Å². The van der Waals surface area contributed by atoms with Crippen molar-refractivity contribution in [2.75, 3.05) is 28.6 Å². The Morgan fingerprint density at radius 3 is 2.11 bits per heavy atom. The van der Waals surface area contributed by atoms with Gasteiger partial charge >= 0.3 is 11.8 Å². The minimum Gasteiger partial charge on any atom is -0.372 e. The third-order valence-electron chi connectivity index (χ3n) is 4.45. The van der Waals surface area contributed by atoms with Crippen LogP contribution in [-0.2, 0) is 9.59 Å². The molecule has 2 aromatic carbocycles. The number of anilines is 3. The Bertz CT molecular complexity index is 895. The van der Waals surface area contributed by atoms with Crippen molar-refractivity contribution in [2.45, 2.75) is 19.3 Å². The van der Waals surface area contributed by atoms with Crippen molar-refractivity contribution < 1.29 is 14.5 Å². The number of amides is 2. The van der Waals surface area contributed by atoms with Gasteiger partial charge in [0.15, 0.2) is 0 Å². The summed E-state index contributed by atoms with van der Waals surface area (Å²) in [7, 11) is 0. The quantitative estimate of drug-likeness (QED) is 0.459. The Morgan fingerprint density at radius 2 is 1.50 bits per heavy atom. The van der Waals surface area contributed by atoms with Crippen LogP contribution in [0.3, 0.4) is 0 Å². The van der Waals surface area contributed by atoms with E-state index in [2.05, 4.69) is 15.5 Å². The maximum absolute atomic E-state index is 12.1. The molecule has 0 saturated carbocycles. The third-order valence-corrected chi connectivity index (χ3v) is 4.77. The van der Waals surface area contributed by atoms with Crippen molar-refractivity contribution in [1.82, 2.24) is 0 Å². The number of carbonyl (C=O) groups excluding carboxylic acids is 2. The fourth-order valence-corrected chi connectivity index (χ4v) is 3.20. The molecule has 1 aliphatic rings. The van der Waals surface area contributed by atoms with E-state index in [9.17, 15) is 19.7 Å². The second-order valence-electron chi connectivity index (χ2n) is 6.43. The normalized spacial score (nSPS) is 13.7. The highest BCUT2D eigenvalue weighted by Crippen LogP contribution is 2.27. The van der Waals surface area contributed by atoms with E-state index in [4.69, 9.17) is 11.6 Å². The highest BCUT2D eigenvalue weighted by molar-refractivity contribution is 6.43. The zero-order chi connectivity index (χ0) is 20.1. The molecule has 0 radical (unpaired) electrons. The maximum atomic E-state index is 12.1. The smallest absolute Gasteiger partial charge is 0.314 e. The highest BCUT2D eigenvalue weighted by Gasteiger charge is 2.18. The summed E-state index contributed by atoms with van der Waals surface area (Å²) in [4.78, 5) is 36.7. The van der Waals surface area contributed by atoms with Crippen molar-refractivity contribution in [3.05, 3.63) is 57.6 Å². The van der Waals surface area contributed by atoms with Gasteiger partial charge in [0.05, 0.1) is 4.92 Å². The maximum Gasteiger partial charge on any atom is 0.314 e. The fourth-order valence-electron chi connectivity index (χ4n) is 3.01. The van der Waals surface area contributed by atoms with Gasteiger partial charge in [-0.1, -0.05) is 11.6 Å². The molecule has 2 amide bonds. The van der Waals surface area contributed by atoms with Crippen molar-refractivity contribution in [3.63, 3.8) is 0 Å². The van der Waals surface area contributed by atoms with Crippen LogP contribution in [0.4, 0.5) is 22.7 Å². The molecule has 0 atom stereocenters. The first kappa shape index (κ1) is 19.6. The predicted molar refractivity (Wildman–Crippen MR) is 108 cm³/mol. The molecule has 0 bridgehead atoms. The zero-order valence-electron chi connectivity index (χ0n) is 15.0. The van der Waals surface area contributed by atoms with E-state index in [1.807, 2.05) is 12.1 Å². The summed E-state index contributed by atoms with van der Waals surface area (Å²) in [5, 5.41) is 15.7. The lowest BCUT2D eigenvalue weighted by atomic mass is 10.1. The lowest BCUT2D eigenvalue weighted by molar-refractivity contribution is -0.384. The average Bonchev–Trinajstić information content (AvgIpc) is 2.70. The second kappa shape index (κ2) is 8.71. The predicted octanol–water partition coefficient (Wildman–Crippen LogP) is 3.82. The first-order chi connectivity index (χ1) is 13.4. The van der Waals surface area contributed by atoms with E-state index in [-0.39, 0.29) is 16.4 Å². The van der Waals surface area contributed by atoms with Crippen LogP contribution in [0.1, 0.15) is 19.3 Å². The van der Waals surface area contributed by atoms with Crippen LogP contribution in [0, 0.1) is 10.1 Å². The molecular formula is C19H19ClN4O4. The summed E-state index contributed by atoms with van der Waals surface area (Å²) < 4.78 is 0. The minimum atomic E-state index is -0.934. The molecule has 1 aliphatic heterocycles. The summed E-state index contributed by atoms with van der Waals surface area (Å²) in [6, 6.07) is 11.1. The van der Waals surface area contributed by atoms with Gasteiger partial charge in [-0.15, -0.1) is 0 Å². The number of rotatable bonds is 4. The number of piperidine rings is 1. The summed E-state index contributed by atoms with van der Waals surface area (Å²) in [5.41, 5.74) is 1.32. The lowest BCUT2D eigenvalue weighted by Gasteiger charge is -2.28. The van der Waals surface area contributed by atoms with E-state index in [1.165, 1.54) is 31.4 Å². The number of nitro groups is 1. The number of nitro benzene ring substituents is 1. The number of nitrogens with one attached hydrogen (secondary N) is 2. The van der Waals surface area contributed by atoms with E-state index in [1.54, 1.807) is 12.1 Å². The molecule has 0 unspecified atom stereocenters. The molecule has 1 fully saturated rings. The van der Waals surface area contributed by atoms with Crippen molar-refractivity contribution in [1.29, 1.82) is 0 Å². The topological polar surface area (TPSA) is 105 Å². The summed E-state index contributed by atoms with van der Waals surface area (Å²) in [6.45, 7) is 2.03. The van der Waals surface area contributed by atoms with E-state index >= 15 is 0 Å². The molecule has 8 nitrogen and oxygen atoms in total. The Morgan fingerprint density at radius 1 is 0.929 bits per heavy atom. The molecule has 2 aromatic rings. The summed E-state index contributed by atoms with van der Waals surface area (Å²) in [6.07, 6.45) is 3.58. The molecule has 0 aliphatic carbocycles. The van der Waals surface area contributed by atoms with Gasteiger partial charge < -0.3 is 15.5 Å².